The van der Waals surface area contributed by atoms with Crippen LogP contribution in [0.4, 0.5) is 0 Å². The molecular formula is C6H12O4S. The quantitative estimate of drug-likeness (QED) is 0.497. The molecule has 0 aromatic heterocycles. The molecule has 5 heteroatoms. The van der Waals surface area contributed by atoms with Gasteiger partial charge in [0.2, 0.25) is 0 Å². The van der Waals surface area contributed by atoms with Crippen LogP contribution >= 0.6 is 11.8 Å². The van der Waals surface area contributed by atoms with Crippen LogP contribution < -0.4 is 0 Å². The molecule has 66 valence electrons. The minimum atomic E-state index is -1.23. The van der Waals surface area contributed by atoms with Crippen molar-refractivity contribution in [2.45, 2.75) is 24.6 Å². The lowest BCUT2D eigenvalue weighted by atomic mass is 10.2. The molecule has 0 radical (unpaired) electrons. The Morgan fingerprint density at radius 3 is 2.27 bits per heavy atom. The van der Waals surface area contributed by atoms with E-state index in [0.717, 1.165) is 0 Å². The number of aliphatic hydroxyl groups is 3. The lowest BCUT2D eigenvalue weighted by Crippen LogP contribution is -2.33. The van der Waals surface area contributed by atoms with Crippen molar-refractivity contribution >= 4 is 11.8 Å². The maximum Gasteiger partial charge on any atom is 0.183 e. The van der Waals surface area contributed by atoms with Gasteiger partial charge in [-0.3, -0.25) is 0 Å². The van der Waals surface area contributed by atoms with Crippen LogP contribution in [0.5, 0.6) is 0 Å². The summed E-state index contributed by atoms with van der Waals surface area (Å²) in [6.07, 6.45) is -1.94. The van der Waals surface area contributed by atoms with Crippen LogP contribution in [-0.4, -0.2) is 51.9 Å². The van der Waals surface area contributed by atoms with E-state index in [9.17, 15) is 5.11 Å². The molecule has 0 aromatic carbocycles. The predicted octanol–water partition coefficient (Wildman–Crippen LogP) is -1.21. The fourth-order valence-electron chi connectivity index (χ4n) is 1.03. The average molecular weight is 180 g/mol. The fraction of sp³-hybridized carbons (Fsp3) is 1.00. The van der Waals surface area contributed by atoms with Gasteiger partial charge in [-0.25, -0.2) is 0 Å². The molecule has 0 saturated carbocycles. The Balaban J connectivity index is 2.45. The zero-order chi connectivity index (χ0) is 8.43. The molecule has 1 rings (SSSR count). The average Bonchev–Trinajstić information content (AvgIpc) is 2.19. The van der Waals surface area contributed by atoms with Gasteiger partial charge in [-0.1, -0.05) is 0 Å². The molecular weight excluding hydrogens is 168 g/mol. The number of ether oxygens (including phenoxy) is 1. The molecule has 1 heterocycles. The van der Waals surface area contributed by atoms with Crippen LogP contribution in [-0.2, 0) is 4.74 Å². The first-order valence-electron chi connectivity index (χ1n) is 3.35. The number of aliphatic hydroxyl groups excluding tert-OH is 3. The number of hydrogen-bond donors (Lipinski definition) is 3. The Kier molecular flexibility index (Phi) is 3.15. The molecule has 1 aliphatic rings. The first-order chi connectivity index (χ1) is 5.16. The smallest absolute Gasteiger partial charge is 0.183 e. The molecule has 3 N–H and O–H groups in total. The van der Waals surface area contributed by atoms with Gasteiger partial charge in [-0.05, 0) is 6.26 Å². The third-order valence-electron chi connectivity index (χ3n) is 1.67. The van der Waals surface area contributed by atoms with Gasteiger partial charge in [0, 0.05) is 5.75 Å². The minimum Gasteiger partial charge on any atom is -0.387 e. The molecule has 1 fully saturated rings. The summed E-state index contributed by atoms with van der Waals surface area (Å²) in [6.45, 7) is 0. The van der Waals surface area contributed by atoms with Crippen LogP contribution in [0.2, 0.25) is 0 Å². The fourth-order valence-corrected chi connectivity index (χ4v) is 1.64. The normalized spacial score (nSPS) is 44.7. The number of thioether (sulfide) groups is 1. The maximum atomic E-state index is 9.21. The van der Waals surface area contributed by atoms with Gasteiger partial charge in [0.05, 0.1) is 6.10 Å². The van der Waals surface area contributed by atoms with E-state index in [0.29, 0.717) is 5.75 Å². The summed E-state index contributed by atoms with van der Waals surface area (Å²) < 4.78 is 4.86. The van der Waals surface area contributed by atoms with Crippen molar-refractivity contribution in [3.63, 3.8) is 0 Å². The summed E-state index contributed by atoms with van der Waals surface area (Å²) in [4.78, 5) is 0. The third-order valence-corrected chi connectivity index (χ3v) is 2.33. The molecule has 0 unspecified atom stereocenters. The van der Waals surface area contributed by atoms with E-state index in [1.165, 1.54) is 11.8 Å². The summed E-state index contributed by atoms with van der Waals surface area (Å²) in [5.41, 5.74) is 0. The van der Waals surface area contributed by atoms with Crippen molar-refractivity contribution < 1.29 is 20.1 Å². The lowest BCUT2D eigenvalue weighted by molar-refractivity contribution is -0.123. The van der Waals surface area contributed by atoms with Crippen LogP contribution in [0.15, 0.2) is 0 Å². The number of rotatable bonds is 2. The Labute approximate surface area is 69.2 Å². The van der Waals surface area contributed by atoms with Gasteiger partial charge in [0.15, 0.2) is 6.29 Å². The molecule has 0 aliphatic carbocycles. The summed E-state index contributed by atoms with van der Waals surface area (Å²) >= 11 is 1.50. The molecule has 4 atom stereocenters. The summed E-state index contributed by atoms with van der Waals surface area (Å²) in [6, 6.07) is 0. The topological polar surface area (TPSA) is 69.9 Å². The van der Waals surface area contributed by atoms with Crippen molar-refractivity contribution in [3.05, 3.63) is 0 Å². The zero-order valence-electron chi connectivity index (χ0n) is 6.17. The molecule has 4 nitrogen and oxygen atoms in total. The molecule has 11 heavy (non-hydrogen) atoms. The van der Waals surface area contributed by atoms with Crippen LogP contribution in [0.1, 0.15) is 0 Å². The second-order valence-electron chi connectivity index (χ2n) is 2.50. The van der Waals surface area contributed by atoms with E-state index >= 15 is 0 Å². The SMILES string of the molecule is CSC[C@H]1O[C@@H](O)[C@H](O)[C@H]1O. The van der Waals surface area contributed by atoms with Gasteiger partial charge in [0.1, 0.15) is 12.2 Å². The van der Waals surface area contributed by atoms with E-state index in [-0.39, 0.29) is 0 Å². The van der Waals surface area contributed by atoms with Gasteiger partial charge in [-0.15, -0.1) is 0 Å². The van der Waals surface area contributed by atoms with E-state index in [2.05, 4.69) is 0 Å². The van der Waals surface area contributed by atoms with Crippen molar-refractivity contribution in [2.24, 2.45) is 0 Å². The first kappa shape index (κ1) is 9.28. The Hall–Kier alpha value is 0.190. The molecule has 1 saturated heterocycles. The number of hydrogen-bond acceptors (Lipinski definition) is 5. The zero-order valence-corrected chi connectivity index (χ0v) is 6.99. The second-order valence-corrected chi connectivity index (χ2v) is 3.41. The molecule has 0 aromatic rings. The highest BCUT2D eigenvalue weighted by atomic mass is 32.2. The van der Waals surface area contributed by atoms with Crippen LogP contribution in [0, 0.1) is 0 Å². The van der Waals surface area contributed by atoms with E-state index in [1.807, 2.05) is 6.26 Å². The van der Waals surface area contributed by atoms with Crippen molar-refractivity contribution in [2.75, 3.05) is 12.0 Å². The molecule has 0 amide bonds. The Bertz CT molecular complexity index is 132. The van der Waals surface area contributed by atoms with E-state index in [4.69, 9.17) is 14.9 Å². The van der Waals surface area contributed by atoms with Crippen molar-refractivity contribution in [3.8, 4) is 0 Å². The predicted molar refractivity (Wildman–Crippen MR) is 41.3 cm³/mol. The minimum absolute atomic E-state index is 0.449. The van der Waals surface area contributed by atoms with Gasteiger partial charge in [-0.2, -0.15) is 11.8 Å². The van der Waals surface area contributed by atoms with E-state index < -0.39 is 24.6 Å². The van der Waals surface area contributed by atoms with Gasteiger partial charge >= 0.3 is 0 Å². The second kappa shape index (κ2) is 3.73. The molecule has 1 aliphatic heterocycles. The van der Waals surface area contributed by atoms with Crippen molar-refractivity contribution in [1.29, 1.82) is 0 Å². The van der Waals surface area contributed by atoms with Gasteiger partial charge < -0.3 is 20.1 Å². The monoisotopic (exact) mass is 180 g/mol. The summed E-state index contributed by atoms with van der Waals surface area (Å²) in [7, 11) is 0. The van der Waals surface area contributed by atoms with E-state index in [1.54, 1.807) is 0 Å². The highest BCUT2D eigenvalue weighted by Crippen LogP contribution is 2.21. The Morgan fingerprint density at radius 2 is 1.91 bits per heavy atom. The highest BCUT2D eigenvalue weighted by Gasteiger charge is 2.41. The van der Waals surface area contributed by atoms with Crippen LogP contribution in [0.25, 0.3) is 0 Å². The largest absolute Gasteiger partial charge is 0.387 e. The maximum absolute atomic E-state index is 9.21. The summed E-state index contributed by atoms with van der Waals surface area (Å²) in [5.74, 6) is 0.579. The van der Waals surface area contributed by atoms with Crippen LogP contribution in [0.3, 0.4) is 0 Å². The Morgan fingerprint density at radius 1 is 1.27 bits per heavy atom. The van der Waals surface area contributed by atoms with Gasteiger partial charge in [0.25, 0.3) is 0 Å². The summed E-state index contributed by atoms with van der Waals surface area (Å²) in [5, 5.41) is 27.2. The van der Waals surface area contributed by atoms with Crippen molar-refractivity contribution in [1.82, 2.24) is 0 Å². The third kappa shape index (κ3) is 1.86. The molecule has 0 spiro atoms. The first-order valence-corrected chi connectivity index (χ1v) is 4.75. The highest BCUT2D eigenvalue weighted by molar-refractivity contribution is 7.98. The lowest BCUT2D eigenvalue weighted by Gasteiger charge is -2.11. The molecule has 0 bridgehead atoms. The standard InChI is InChI=1S/C6H12O4S/c1-11-2-3-4(7)5(8)6(9)10-3/h3-9H,2H2,1H3/t3-,4+,5-,6-/m1/s1.